The van der Waals surface area contributed by atoms with Crippen LogP contribution in [-0.2, 0) is 0 Å². The second kappa shape index (κ2) is 6.55. The normalized spacial score (nSPS) is 17.3. The zero-order valence-corrected chi connectivity index (χ0v) is 10.9. The van der Waals surface area contributed by atoms with E-state index in [1.807, 2.05) is 18.2 Å². The van der Waals surface area contributed by atoms with Crippen LogP contribution in [0.1, 0.15) is 42.5 Å². The van der Waals surface area contributed by atoms with Gasteiger partial charge in [-0.05, 0) is 38.1 Å². The van der Waals surface area contributed by atoms with E-state index in [9.17, 15) is 4.79 Å². The molecule has 1 fully saturated rings. The molecule has 1 saturated heterocycles. The lowest BCUT2D eigenvalue weighted by Crippen LogP contribution is -2.27. The highest BCUT2D eigenvalue weighted by Gasteiger charge is 2.12. The summed E-state index contributed by atoms with van der Waals surface area (Å²) < 4.78 is 0. The molecule has 1 heterocycles. The van der Waals surface area contributed by atoms with Crippen LogP contribution in [-0.4, -0.2) is 30.3 Å². The SMILES string of the molecule is Nc1cccc(C(=O)CCN2CCCCCC2)c1. The van der Waals surface area contributed by atoms with Gasteiger partial charge in [-0.25, -0.2) is 0 Å². The minimum absolute atomic E-state index is 0.201. The zero-order chi connectivity index (χ0) is 12.8. The number of likely N-dealkylation sites (tertiary alicyclic amines) is 1. The van der Waals surface area contributed by atoms with Gasteiger partial charge in [0.25, 0.3) is 0 Å². The second-order valence-corrected chi connectivity index (χ2v) is 5.05. The van der Waals surface area contributed by atoms with Gasteiger partial charge in [0.2, 0.25) is 0 Å². The predicted molar refractivity (Wildman–Crippen MR) is 74.7 cm³/mol. The molecule has 0 bridgehead atoms. The molecule has 1 aliphatic rings. The Morgan fingerprint density at radius 2 is 1.89 bits per heavy atom. The highest BCUT2D eigenvalue weighted by Crippen LogP contribution is 2.12. The number of rotatable bonds is 4. The first-order valence-electron chi connectivity index (χ1n) is 6.87. The average molecular weight is 246 g/mol. The molecule has 0 spiro atoms. The largest absolute Gasteiger partial charge is 0.399 e. The van der Waals surface area contributed by atoms with Crippen LogP contribution in [0.3, 0.4) is 0 Å². The van der Waals surface area contributed by atoms with Crippen molar-refractivity contribution in [3.05, 3.63) is 29.8 Å². The van der Waals surface area contributed by atoms with Crippen molar-refractivity contribution in [2.45, 2.75) is 32.1 Å². The number of carbonyl (C=O) groups is 1. The molecule has 2 rings (SSSR count). The van der Waals surface area contributed by atoms with E-state index in [0.29, 0.717) is 12.1 Å². The Bertz CT molecular complexity index is 395. The van der Waals surface area contributed by atoms with E-state index in [4.69, 9.17) is 5.73 Å². The van der Waals surface area contributed by atoms with E-state index in [-0.39, 0.29) is 5.78 Å². The molecular formula is C15H22N2O. The molecule has 98 valence electrons. The molecule has 0 unspecified atom stereocenters. The Balaban J connectivity index is 1.84. The molecule has 1 aromatic rings. The van der Waals surface area contributed by atoms with E-state index < -0.39 is 0 Å². The van der Waals surface area contributed by atoms with Crippen molar-refractivity contribution in [2.75, 3.05) is 25.4 Å². The summed E-state index contributed by atoms with van der Waals surface area (Å²) in [6.07, 6.45) is 5.81. The van der Waals surface area contributed by atoms with Gasteiger partial charge >= 0.3 is 0 Å². The Kier molecular flexibility index (Phi) is 4.76. The topological polar surface area (TPSA) is 46.3 Å². The lowest BCUT2D eigenvalue weighted by molar-refractivity contribution is 0.0965. The lowest BCUT2D eigenvalue weighted by Gasteiger charge is -2.18. The third-order valence-electron chi connectivity index (χ3n) is 3.56. The van der Waals surface area contributed by atoms with E-state index in [2.05, 4.69) is 4.90 Å². The van der Waals surface area contributed by atoms with E-state index >= 15 is 0 Å². The fourth-order valence-electron chi connectivity index (χ4n) is 2.48. The van der Waals surface area contributed by atoms with Crippen molar-refractivity contribution < 1.29 is 4.79 Å². The second-order valence-electron chi connectivity index (χ2n) is 5.05. The van der Waals surface area contributed by atoms with Crippen molar-refractivity contribution in [1.82, 2.24) is 4.90 Å². The van der Waals surface area contributed by atoms with Crippen molar-refractivity contribution in [3.63, 3.8) is 0 Å². The summed E-state index contributed by atoms with van der Waals surface area (Å²) in [6.45, 7) is 3.17. The fraction of sp³-hybridized carbons (Fsp3) is 0.533. The maximum atomic E-state index is 12.0. The van der Waals surface area contributed by atoms with Gasteiger partial charge in [-0.15, -0.1) is 0 Å². The Morgan fingerprint density at radius 3 is 2.56 bits per heavy atom. The number of nitrogens with two attached hydrogens (primary N) is 1. The molecule has 18 heavy (non-hydrogen) atoms. The number of hydrogen-bond donors (Lipinski definition) is 1. The first kappa shape index (κ1) is 13.1. The van der Waals surface area contributed by atoms with Crippen LogP contribution in [0.2, 0.25) is 0 Å². The summed E-state index contributed by atoms with van der Waals surface area (Å²) in [5, 5.41) is 0. The molecule has 1 aromatic carbocycles. The smallest absolute Gasteiger partial charge is 0.164 e. The molecule has 3 heteroatoms. The maximum Gasteiger partial charge on any atom is 0.164 e. The van der Waals surface area contributed by atoms with Gasteiger partial charge < -0.3 is 10.6 Å². The highest BCUT2D eigenvalue weighted by molar-refractivity contribution is 5.96. The van der Waals surface area contributed by atoms with Crippen molar-refractivity contribution in [3.8, 4) is 0 Å². The van der Waals surface area contributed by atoms with Crippen LogP contribution >= 0.6 is 0 Å². The van der Waals surface area contributed by atoms with Gasteiger partial charge in [0, 0.05) is 24.2 Å². The average Bonchev–Trinajstić information content (AvgIpc) is 2.64. The van der Waals surface area contributed by atoms with Gasteiger partial charge in [0.05, 0.1) is 0 Å². The van der Waals surface area contributed by atoms with Gasteiger partial charge in [0.15, 0.2) is 5.78 Å². The Labute approximate surface area is 109 Å². The Morgan fingerprint density at radius 1 is 1.17 bits per heavy atom. The zero-order valence-electron chi connectivity index (χ0n) is 10.9. The number of nitrogen functional groups attached to an aromatic ring is 1. The Hall–Kier alpha value is -1.35. The third kappa shape index (κ3) is 3.84. The molecule has 0 saturated carbocycles. The monoisotopic (exact) mass is 246 g/mol. The number of carbonyl (C=O) groups excluding carboxylic acids is 1. The van der Waals surface area contributed by atoms with Crippen molar-refractivity contribution in [2.24, 2.45) is 0 Å². The third-order valence-corrected chi connectivity index (χ3v) is 3.56. The molecular weight excluding hydrogens is 224 g/mol. The first-order valence-corrected chi connectivity index (χ1v) is 6.87. The van der Waals surface area contributed by atoms with Crippen LogP contribution in [0.25, 0.3) is 0 Å². The molecule has 0 radical (unpaired) electrons. The van der Waals surface area contributed by atoms with E-state index in [1.54, 1.807) is 6.07 Å². The summed E-state index contributed by atoms with van der Waals surface area (Å²) in [5.41, 5.74) is 7.10. The maximum absolute atomic E-state index is 12.0. The number of benzene rings is 1. The highest BCUT2D eigenvalue weighted by atomic mass is 16.1. The minimum atomic E-state index is 0.201. The van der Waals surface area contributed by atoms with Crippen LogP contribution in [0.5, 0.6) is 0 Å². The number of ketones is 1. The molecule has 0 atom stereocenters. The summed E-state index contributed by atoms with van der Waals surface area (Å²) in [5.74, 6) is 0.201. The van der Waals surface area contributed by atoms with Gasteiger partial charge in [-0.1, -0.05) is 25.0 Å². The van der Waals surface area contributed by atoms with E-state index in [1.165, 1.54) is 25.7 Å². The summed E-state index contributed by atoms with van der Waals surface area (Å²) >= 11 is 0. The molecule has 0 amide bonds. The number of anilines is 1. The predicted octanol–water partition coefficient (Wildman–Crippen LogP) is 2.72. The standard InChI is InChI=1S/C15H22N2O/c16-14-7-5-6-13(12-14)15(18)8-11-17-9-3-1-2-4-10-17/h5-7,12H,1-4,8-11,16H2. The van der Waals surface area contributed by atoms with Crippen molar-refractivity contribution in [1.29, 1.82) is 0 Å². The molecule has 2 N–H and O–H groups in total. The first-order chi connectivity index (χ1) is 8.75. The van der Waals surface area contributed by atoms with Crippen LogP contribution in [0.15, 0.2) is 24.3 Å². The summed E-state index contributed by atoms with van der Waals surface area (Å²) in [7, 11) is 0. The fourth-order valence-corrected chi connectivity index (χ4v) is 2.48. The summed E-state index contributed by atoms with van der Waals surface area (Å²) in [4.78, 5) is 14.5. The molecule has 1 aliphatic heterocycles. The number of hydrogen-bond acceptors (Lipinski definition) is 3. The van der Waals surface area contributed by atoms with Crippen LogP contribution < -0.4 is 5.73 Å². The molecule has 0 aromatic heterocycles. The van der Waals surface area contributed by atoms with Crippen LogP contribution in [0, 0.1) is 0 Å². The summed E-state index contributed by atoms with van der Waals surface area (Å²) in [6, 6.07) is 7.27. The van der Waals surface area contributed by atoms with Crippen LogP contribution in [0.4, 0.5) is 5.69 Å². The molecule has 3 nitrogen and oxygen atoms in total. The van der Waals surface area contributed by atoms with Crippen molar-refractivity contribution >= 4 is 11.5 Å². The van der Waals surface area contributed by atoms with Gasteiger partial charge in [0.1, 0.15) is 0 Å². The minimum Gasteiger partial charge on any atom is -0.399 e. The lowest BCUT2D eigenvalue weighted by atomic mass is 10.1. The van der Waals surface area contributed by atoms with E-state index in [0.717, 1.165) is 25.2 Å². The quantitative estimate of drug-likeness (QED) is 0.656. The number of Topliss-reactive ketones (excluding diaryl/α,β-unsaturated/α-hetero) is 1. The molecule has 0 aliphatic carbocycles. The van der Waals surface area contributed by atoms with Gasteiger partial charge in [-0.3, -0.25) is 4.79 Å². The number of nitrogens with zero attached hydrogens (tertiary/aromatic N) is 1. The van der Waals surface area contributed by atoms with Gasteiger partial charge in [-0.2, -0.15) is 0 Å².